The Morgan fingerprint density at radius 1 is 1.20 bits per heavy atom. The van der Waals surface area contributed by atoms with Crippen LogP contribution in [0.5, 0.6) is 5.75 Å². The largest absolute Gasteiger partial charge is 0.494 e. The molecular weight excluding hydrogens is 336 g/mol. The number of rotatable bonds is 7. The van der Waals surface area contributed by atoms with Crippen molar-refractivity contribution >= 4 is 18.3 Å². The van der Waals surface area contributed by atoms with Gasteiger partial charge in [0, 0.05) is 12.6 Å². The zero-order chi connectivity index (χ0) is 16.8. The molecular formula is C20H31ClN2O2. The lowest BCUT2D eigenvalue weighted by Gasteiger charge is -2.24. The van der Waals surface area contributed by atoms with Gasteiger partial charge in [0.15, 0.2) is 0 Å². The van der Waals surface area contributed by atoms with Crippen LogP contribution in [-0.2, 0) is 4.79 Å². The maximum atomic E-state index is 12.3. The van der Waals surface area contributed by atoms with E-state index in [1.54, 1.807) is 0 Å². The van der Waals surface area contributed by atoms with Crippen LogP contribution < -0.4 is 15.4 Å². The molecule has 1 aromatic carbocycles. The van der Waals surface area contributed by atoms with Crippen LogP contribution in [0.2, 0.25) is 0 Å². The van der Waals surface area contributed by atoms with Crippen molar-refractivity contribution in [1.29, 1.82) is 0 Å². The van der Waals surface area contributed by atoms with Gasteiger partial charge in [-0.05, 0) is 57.1 Å². The highest BCUT2D eigenvalue weighted by molar-refractivity contribution is 5.85. The van der Waals surface area contributed by atoms with Crippen LogP contribution in [-0.4, -0.2) is 31.1 Å². The summed E-state index contributed by atoms with van der Waals surface area (Å²) in [5.41, 5.74) is 1.24. The summed E-state index contributed by atoms with van der Waals surface area (Å²) in [4.78, 5) is 12.3. The molecule has 4 nitrogen and oxygen atoms in total. The molecule has 140 valence electrons. The Hall–Kier alpha value is -1.26. The summed E-state index contributed by atoms with van der Waals surface area (Å²) in [6, 6.07) is 8.73. The Morgan fingerprint density at radius 2 is 1.96 bits per heavy atom. The van der Waals surface area contributed by atoms with Crippen LogP contribution >= 0.6 is 12.4 Å². The number of unbranched alkanes of at least 4 members (excludes halogenated alkanes) is 1. The summed E-state index contributed by atoms with van der Waals surface area (Å²) in [5, 5.41) is 6.62. The Bertz CT molecular complexity index is 521. The van der Waals surface area contributed by atoms with Gasteiger partial charge >= 0.3 is 0 Å². The third kappa shape index (κ3) is 5.89. The summed E-state index contributed by atoms with van der Waals surface area (Å²) in [5.74, 6) is 1.82. The van der Waals surface area contributed by atoms with Crippen molar-refractivity contribution < 1.29 is 9.53 Å². The number of fused-ring (bicyclic) bond motifs is 1. The van der Waals surface area contributed by atoms with E-state index in [0.717, 1.165) is 37.5 Å². The number of halogens is 1. The molecule has 1 saturated heterocycles. The predicted molar refractivity (Wildman–Crippen MR) is 103 cm³/mol. The van der Waals surface area contributed by atoms with Gasteiger partial charge in [0.1, 0.15) is 5.75 Å². The molecule has 2 aliphatic rings. The molecule has 1 saturated carbocycles. The van der Waals surface area contributed by atoms with Crippen LogP contribution in [0, 0.1) is 12.8 Å². The van der Waals surface area contributed by atoms with E-state index in [1.165, 1.54) is 31.2 Å². The van der Waals surface area contributed by atoms with Gasteiger partial charge in [-0.1, -0.05) is 30.5 Å². The average Bonchev–Trinajstić information content (AvgIpc) is 3.03. The smallest absolute Gasteiger partial charge is 0.237 e. The van der Waals surface area contributed by atoms with Crippen LogP contribution in [0.15, 0.2) is 24.3 Å². The highest BCUT2D eigenvalue weighted by atomic mass is 35.5. The summed E-state index contributed by atoms with van der Waals surface area (Å²) >= 11 is 0. The van der Waals surface area contributed by atoms with E-state index in [2.05, 4.69) is 29.7 Å². The summed E-state index contributed by atoms with van der Waals surface area (Å²) in [6.07, 6.45) is 8.10. The first-order chi connectivity index (χ1) is 11.7. The Kier molecular flexibility index (Phi) is 8.04. The van der Waals surface area contributed by atoms with Crippen LogP contribution in [0.25, 0.3) is 0 Å². The van der Waals surface area contributed by atoms with Crippen molar-refractivity contribution in [1.82, 2.24) is 10.6 Å². The van der Waals surface area contributed by atoms with Crippen LogP contribution in [0.4, 0.5) is 0 Å². The van der Waals surface area contributed by atoms with Gasteiger partial charge in [0.05, 0.1) is 12.6 Å². The van der Waals surface area contributed by atoms with Crippen molar-refractivity contribution in [2.24, 2.45) is 5.92 Å². The minimum absolute atomic E-state index is 0. The molecule has 25 heavy (non-hydrogen) atoms. The first-order valence-electron chi connectivity index (χ1n) is 9.45. The van der Waals surface area contributed by atoms with E-state index >= 15 is 0 Å². The molecule has 2 N–H and O–H groups in total. The number of nitrogens with one attached hydrogen (secondary N) is 2. The highest BCUT2D eigenvalue weighted by Crippen LogP contribution is 2.33. The van der Waals surface area contributed by atoms with Gasteiger partial charge in [0.25, 0.3) is 0 Å². The fourth-order valence-electron chi connectivity index (χ4n) is 3.91. The number of carbonyl (C=O) groups excluding carboxylic acids is 1. The topological polar surface area (TPSA) is 50.4 Å². The maximum absolute atomic E-state index is 12.3. The van der Waals surface area contributed by atoms with Crippen LogP contribution in [0.1, 0.15) is 50.5 Å². The molecule has 1 aliphatic carbocycles. The molecule has 3 atom stereocenters. The van der Waals surface area contributed by atoms with Gasteiger partial charge in [-0.2, -0.15) is 0 Å². The lowest BCUT2D eigenvalue weighted by atomic mass is 9.85. The van der Waals surface area contributed by atoms with E-state index in [1.807, 2.05) is 12.1 Å². The second-order valence-electron chi connectivity index (χ2n) is 7.27. The maximum Gasteiger partial charge on any atom is 0.237 e. The molecule has 0 bridgehead atoms. The summed E-state index contributed by atoms with van der Waals surface area (Å²) in [7, 11) is 0. The van der Waals surface area contributed by atoms with E-state index in [9.17, 15) is 4.79 Å². The van der Waals surface area contributed by atoms with Gasteiger partial charge in [-0.3, -0.25) is 4.79 Å². The number of carbonyl (C=O) groups is 1. The SMILES string of the molecule is Cc1ccc(OCCCCNC(=O)C2CC3CCCCC3N2)cc1.Cl. The molecule has 1 aromatic rings. The molecule has 0 radical (unpaired) electrons. The van der Waals surface area contributed by atoms with Crippen molar-refractivity contribution in [2.75, 3.05) is 13.2 Å². The van der Waals surface area contributed by atoms with E-state index in [-0.39, 0.29) is 24.4 Å². The molecule has 0 aromatic heterocycles. The normalized spacial score (nSPS) is 24.9. The molecule has 5 heteroatoms. The first-order valence-corrected chi connectivity index (χ1v) is 9.45. The first kappa shape index (κ1) is 20.1. The third-order valence-corrected chi connectivity index (χ3v) is 5.34. The second-order valence-corrected chi connectivity index (χ2v) is 7.27. The molecule has 3 rings (SSSR count). The minimum atomic E-state index is 0. The van der Waals surface area contributed by atoms with Gasteiger partial charge in [-0.15, -0.1) is 12.4 Å². The Balaban J connectivity index is 0.00000225. The van der Waals surface area contributed by atoms with Gasteiger partial charge in [-0.25, -0.2) is 0 Å². The molecule has 3 unspecified atom stereocenters. The zero-order valence-corrected chi connectivity index (χ0v) is 15.9. The Morgan fingerprint density at radius 3 is 2.72 bits per heavy atom. The second kappa shape index (κ2) is 10.0. The van der Waals surface area contributed by atoms with E-state index in [0.29, 0.717) is 12.6 Å². The molecule has 2 fully saturated rings. The number of hydrogen-bond donors (Lipinski definition) is 2. The minimum Gasteiger partial charge on any atom is -0.494 e. The average molecular weight is 367 g/mol. The zero-order valence-electron chi connectivity index (χ0n) is 15.1. The van der Waals surface area contributed by atoms with Crippen molar-refractivity contribution in [3.8, 4) is 5.75 Å². The third-order valence-electron chi connectivity index (χ3n) is 5.34. The van der Waals surface area contributed by atoms with Crippen LogP contribution in [0.3, 0.4) is 0 Å². The van der Waals surface area contributed by atoms with E-state index < -0.39 is 0 Å². The predicted octanol–water partition coefficient (Wildman–Crippen LogP) is 3.61. The molecule has 1 aliphatic heterocycles. The summed E-state index contributed by atoms with van der Waals surface area (Å²) in [6.45, 7) is 3.51. The van der Waals surface area contributed by atoms with Crippen molar-refractivity contribution in [2.45, 2.75) is 64.0 Å². The van der Waals surface area contributed by atoms with Crippen molar-refractivity contribution in [3.63, 3.8) is 0 Å². The van der Waals surface area contributed by atoms with Gasteiger partial charge < -0.3 is 15.4 Å². The number of aryl methyl sites for hydroxylation is 1. The fourth-order valence-corrected chi connectivity index (χ4v) is 3.91. The molecule has 1 heterocycles. The number of hydrogen-bond acceptors (Lipinski definition) is 3. The monoisotopic (exact) mass is 366 g/mol. The standard InChI is InChI=1S/C20H30N2O2.ClH/c1-15-8-10-17(11-9-15)24-13-5-4-12-21-20(23)19-14-16-6-2-3-7-18(16)22-19;/h8-11,16,18-19,22H,2-7,12-14H2,1H3,(H,21,23);1H. The van der Waals surface area contributed by atoms with Crippen molar-refractivity contribution in [3.05, 3.63) is 29.8 Å². The lowest BCUT2D eigenvalue weighted by Crippen LogP contribution is -2.43. The highest BCUT2D eigenvalue weighted by Gasteiger charge is 2.37. The quantitative estimate of drug-likeness (QED) is 0.725. The van der Waals surface area contributed by atoms with Gasteiger partial charge in [0.2, 0.25) is 5.91 Å². The summed E-state index contributed by atoms with van der Waals surface area (Å²) < 4.78 is 5.71. The number of amides is 1. The fraction of sp³-hybridized carbons (Fsp3) is 0.650. The Labute approximate surface area is 157 Å². The molecule has 1 amide bonds. The number of benzene rings is 1. The lowest BCUT2D eigenvalue weighted by molar-refractivity contribution is -0.122. The number of ether oxygens (including phenoxy) is 1. The molecule has 0 spiro atoms. The van der Waals surface area contributed by atoms with E-state index in [4.69, 9.17) is 4.74 Å².